The van der Waals surface area contributed by atoms with Crippen LogP contribution >= 0.6 is 0 Å². The Morgan fingerprint density at radius 3 is 2.40 bits per heavy atom. The van der Waals surface area contributed by atoms with Crippen molar-refractivity contribution in [3.63, 3.8) is 0 Å². The number of nitrogens with zero attached hydrogens (tertiary/aromatic N) is 1. The van der Waals surface area contributed by atoms with Crippen LogP contribution in [0.5, 0.6) is 11.5 Å². The minimum Gasteiger partial charge on any atom is -0.486 e. The molecule has 230 valence electrons. The fraction of sp³-hybridized carbons (Fsp3) is 0.533. The van der Waals surface area contributed by atoms with Gasteiger partial charge in [-0.3, -0.25) is 9.59 Å². The van der Waals surface area contributed by atoms with Crippen LogP contribution in [0.1, 0.15) is 39.2 Å². The summed E-state index contributed by atoms with van der Waals surface area (Å²) in [6.07, 6.45) is 0.571. The average molecular weight is 603 g/mol. The summed E-state index contributed by atoms with van der Waals surface area (Å²) in [7, 11) is -2.63. The normalized spacial score (nSPS) is 19.1. The Kier molecular flexibility index (Phi) is 10.1. The first-order valence-corrected chi connectivity index (χ1v) is 15.7. The molecule has 0 saturated carbocycles. The number of rotatable bonds is 11. The summed E-state index contributed by atoms with van der Waals surface area (Å²) < 4.78 is 38.9. The Balaban J connectivity index is 1.52. The molecule has 0 bridgehead atoms. The number of fused-ring (bicyclic) bond motifs is 1. The second kappa shape index (κ2) is 13.4. The second-order valence-corrected chi connectivity index (χ2v) is 14.0. The van der Waals surface area contributed by atoms with Gasteiger partial charge in [0.05, 0.1) is 23.1 Å². The molecule has 12 heteroatoms. The van der Waals surface area contributed by atoms with Crippen molar-refractivity contribution in [1.29, 1.82) is 0 Å². The number of sulfonamides is 1. The van der Waals surface area contributed by atoms with Gasteiger partial charge in [0, 0.05) is 19.7 Å². The van der Waals surface area contributed by atoms with Crippen molar-refractivity contribution in [2.24, 2.45) is 5.41 Å². The highest BCUT2D eigenvalue weighted by molar-refractivity contribution is 7.89. The molecule has 2 amide bonds. The summed E-state index contributed by atoms with van der Waals surface area (Å²) in [5.41, 5.74) is 0.226. The molecule has 11 nitrogen and oxygen atoms in total. The van der Waals surface area contributed by atoms with Crippen LogP contribution in [0.15, 0.2) is 53.4 Å². The standard InChI is InChI=1S/C30H42N4O7S/c1-30(2,3)27(33-28(36)22-11-8-14-31-22)29(37)32-23(17-20-9-6-5-7-10-20)24(35)19-34(4)42(38,39)21-12-13-25-26(18-21)41-16-15-40-25/h5-7,9-10,12-13,18,22-24,27,31,35H,8,11,14-17,19H2,1-4H3,(H,32,37)(H,33,36)/t22-,23-,24+,27+/m0/s1. The summed E-state index contributed by atoms with van der Waals surface area (Å²) in [6.45, 7) is 6.74. The second-order valence-electron chi connectivity index (χ2n) is 11.9. The van der Waals surface area contributed by atoms with E-state index >= 15 is 0 Å². The Labute approximate surface area is 248 Å². The lowest BCUT2D eigenvalue weighted by atomic mass is 9.85. The molecule has 2 heterocycles. The number of hydrogen-bond donors (Lipinski definition) is 4. The SMILES string of the molecule is CN(C[C@@H](O)[C@H](Cc1ccccc1)NC(=O)[C@@H](NC(=O)[C@@H]1CCCN1)C(C)(C)C)S(=O)(=O)c1ccc2c(c1)OCCO2. The van der Waals surface area contributed by atoms with Gasteiger partial charge in [0.15, 0.2) is 11.5 Å². The summed E-state index contributed by atoms with van der Waals surface area (Å²) in [5.74, 6) is 0.116. The molecule has 2 aliphatic rings. The third-order valence-electron chi connectivity index (χ3n) is 7.55. The molecule has 4 rings (SSSR count). The van der Waals surface area contributed by atoms with Crippen LogP contribution in [0.3, 0.4) is 0 Å². The predicted molar refractivity (Wildman–Crippen MR) is 158 cm³/mol. The van der Waals surface area contributed by atoms with Crippen molar-refractivity contribution in [3.8, 4) is 11.5 Å². The average Bonchev–Trinajstić information content (AvgIpc) is 3.50. The van der Waals surface area contributed by atoms with E-state index in [0.717, 1.165) is 22.8 Å². The Morgan fingerprint density at radius 2 is 1.76 bits per heavy atom. The van der Waals surface area contributed by atoms with E-state index in [2.05, 4.69) is 16.0 Å². The van der Waals surface area contributed by atoms with Crippen LogP contribution in [0, 0.1) is 5.41 Å². The van der Waals surface area contributed by atoms with Crippen molar-refractivity contribution in [2.45, 2.75) is 69.2 Å². The summed E-state index contributed by atoms with van der Waals surface area (Å²) in [5, 5.41) is 20.3. The first-order valence-electron chi connectivity index (χ1n) is 14.3. The highest BCUT2D eigenvalue weighted by Gasteiger charge is 2.37. The monoisotopic (exact) mass is 602 g/mol. The molecule has 0 aliphatic carbocycles. The molecule has 1 saturated heterocycles. The smallest absolute Gasteiger partial charge is 0.243 e. The van der Waals surface area contributed by atoms with Gasteiger partial charge in [0.2, 0.25) is 21.8 Å². The number of nitrogens with one attached hydrogen (secondary N) is 3. The molecule has 2 aromatic rings. The van der Waals surface area contributed by atoms with Crippen LogP contribution < -0.4 is 25.4 Å². The molecule has 42 heavy (non-hydrogen) atoms. The molecule has 1 fully saturated rings. The number of benzene rings is 2. The van der Waals surface area contributed by atoms with E-state index in [1.54, 1.807) is 6.07 Å². The lowest BCUT2D eigenvalue weighted by Crippen LogP contribution is -2.60. The maximum atomic E-state index is 13.7. The third-order valence-corrected chi connectivity index (χ3v) is 9.37. The number of ether oxygens (including phenoxy) is 2. The van der Waals surface area contributed by atoms with E-state index in [4.69, 9.17) is 9.47 Å². The van der Waals surface area contributed by atoms with Crippen LogP contribution in [0.2, 0.25) is 0 Å². The van der Waals surface area contributed by atoms with Crippen molar-refractivity contribution in [1.82, 2.24) is 20.3 Å². The van der Waals surface area contributed by atoms with E-state index < -0.39 is 39.5 Å². The van der Waals surface area contributed by atoms with Gasteiger partial charge in [0.25, 0.3) is 0 Å². The highest BCUT2D eigenvalue weighted by atomic mass is 32.2. The molecule has 0 unspecified atom stereocenters. The van der Waals surface area contributed by atoms with E-state index in [0.29, 0.717) is 31.1 Å². The molecule has 0 spiro atoms. The molecular weight excluding hydrogens is 560 g/mol. The number of amides is 2. The maximum Gasteiger partial charge on any atom is 0.243 e. The van der Waals surface area contributed by atoms with Gasteiger partial charge < -0.3 is 30.5 Å². The Hall–Kier alpha value is -3.19. The van der Waals surface area contributed by atoms with Crippen molar-refractivity contribution in [2.75, 3.05) is 33.4 Å². The van der Waals surface area contributed by atoms with Crippen molar-refractivity contribution < 1.29 is 32.6 Å². The molecule has 2 aliphatic heterocycles. The summed E-state index contributed by atoms with van der Waals surface area (Å²) >= 11 is 0. The van der Waals surface area contributed by atoms with E-state index in [9.17, 15) is 23.1 Å². The maximum absolute atomic E-state index is 13.7. The quantitative estimate of drug-likeness (QED) is 0.302. The first-order chi connectivity index (χ1) is 19.9. The van der Waals surface area contributed by atoms with Crippen LogP contribution in [-0.2, 0) is 26.0 Å². The number of likely N-dealkylation sites (N-methyl/N-ethyl adjacent to an activating group) is 1. The largest absolute Gasteiger partial charge is 0.486 e. The van der Waals surface area contributed by atoms with Gasteiger partial charge in [-0.2, -0.15) is 4.31 Å². The van der Waals surface area contributed by atoms with Crippen molar-refractivity contribution in [3.05, 3.63) is 54.1 Å². The topological polar surface area (TPSA) is 146 Å². The zero-order chi connectivity index (χ0) is 30.5. The molecule has 2 aromatic carbocycles. The zero-order valence-electron chi connectivity index (χ0n) is 24.6. The minimum absolute atomic E-state index is 0.00104. The lowest BCUT2D eigenvalue weighted by Gasteiger charge is -2.34. The molecule has 4 N–H and O–H groups in total. The first kappa shape index (κ1) is 31.7. The van der Waals surface area contributed by atoms with Gasteiger partial charge >= 0.3 is 0 Å². The summed E-state index contributed by atoms with van der Waals surface area (Å²) in [4.78, 5) is 26.6. The van der Waals surface area contributed by atoms with E-state index in [-0.39, 0.29) is 29.8 Å². The fourth-order valence-corrected chi connectivity index (χ4v) is 6.30. The fourth-order valence-electron chi connectivity index (χ4n) is 5.10. The number of aliphatic hydroxyl groups excluding tert-OH is 1. The third kappa shape index (κ3) is 7.80. The minimum atomic E-state index is -4.01. The van der Waals surface area contributed by atoms with Gasteiger partial charge in [-0.15, -0.1) is 0 Å². The van der Waals surface area contributed by atoms with Gasteiger partial charge in [-0.25, -0.2) is 8.42 Å². The van der Waals surface area contributed by atoms with Crippen LogP contribution in [-0.4, -0.2) is 87.2 Å². The number of aliphatic hydroxyl groups is 1. The Bertz CT molecular complexity index is 1340. The predicted octanol–water partition coefficient (Wildman–Crippen LogP) is 1.45. The van der Waals surface area contributed by atoms with Gasteiger partial charge in [-0.05, 0) is 48.9 Å². The number of hydrogen-bond acceptors (Lipinski definition) is 8. The molecular formula is C30H42N4O7S. The van der Waals surface area contributed by atoms with Crippen LogP contribution in [0.4, 0.5) is 0 Å². The van der Waals surface area contributed by atoms with Gasteiger partial charge in [-0.1, -0.05) is 51.1 Å². The molecule has 4 atom stereocenters. The van der Waals surface area contributed by atoms with Gasteiger partial charge in [0.1, 0.15) is 19.3 Å². The summed E-state index contributed by atoms with van der Waals surface area (Å²) in [6, 6.07) is 11.6. The lowest BCUT2D eigenvalue weighted by molar-refractivity contribution is -0.133. The molecule has 0 radical (unpaired) electrons. The van der Waals surface area contributed by atoms with E-state index in [1.165, 1.54) is 19.2 Å². The zero-order valence-corrected chi connectivity index (χ0v) is 25.4. The molecule has 0 aromatic heterocycles. The Morgan fingerprint density at radius 1 is 1.07 bits per heavy atom. The highest BCUT2D eigenvalue weighted by Crippen LogP contribution is 2.33. The van der Waals surface area contributed by atoms with Crippen LogP contribution in [0.25, 0.3) is 0 Å². The van der Waals surface area contributed by atoms with Crippen molar-refractivity contribution >= 4 is 21.8 Å². The van der Waals surface area contributed by atoms with E-state index in [1.807, 2.05) is 51.1 Å². The number of carbonyl (C=O) groups is 2. The number of carbonyl (C=O) groups excluding carboxylic acids is 2.